The summed E-state index contributed by atoms with van der Waals surface area (Å²) in [4.78, 5) is 10.6. The Hall–Kier alpha value is -1.98. The number of aliphatic imine (C=N–C) groups is 2. The normalized spacial score (nSPS) is 21.7. The van der Waals surface area contributed by atoms with E-state index in [9.17, 15) is 0 Å². The van der Waals surface area contributed by atoms with Crippen molar-refractivity contribution in [2.24, 2.45) is 9.98 Å². The number of hydrogen-bond donors (Lipinski definition) is 2. The van der Waals surface area contributed by atoms with Gasteiger partial charge in [-0.15, -0.1) is 0 Å². The Balaban J connectivity index is 2.06. The van der Waals surface area contributed by atoms with E-state index in [-0.39, 0.29) is 6.17 Å². The van der Waals surface area contributed by atoms with E-state index >= 15 is 0 Å². The maximum atomic E-state index is 5.04. The second-order valence-electron chi connectivity index (χ2n) is 3.96. The van der Waals surface area contributed by atoms with Gasteiger partial charge in [0.25, 0.3) is 0 Å². The summed E-state index contributed by atoms with van der Waals surface area (Å²) in [6.07, 6.45) is 3.43. The number of nitrogens with zero attached hydrogens (tertiary/aromatic N) is 3. The van der Waals surface area contributed by atoms with Crippen LogP contribution in [0.2, 0.25) is 0 Å². The fraction of sp³-hybridized carbons (Fsp3) is 0.455. The van der Waals surface area contributed by atoms with Crippen molar-refractivity contribution in [3.8, 4) is 0 Å². The van der Waals surface area contributed by atoms with Crippen LogP contribution >= 0.6 is 0 Å². The molecule has 0 radical (unpaired) electrons. The van der Waals surface area contributed by atoms with Crippen LogP contribution in [0.3, 0.4) is 0 Å². The molecule has 2 heterocycles. The predicted molar refractivity (Wildman–Crippen MR) is 66.7 cm³/mol. The summed E-state index contributed by atoms with van der Waals surface area (Å²) in [5.74, 6) is 1.54. The van der Waals surface area contributed by atoms with Gasteiger partial charge >= 0.3 is 0 Å². The Kier molecular flexibility index (Phi) is 3.32. The number of rotatable bonds is 2. The van der Waals surface area contributed by atoms with Gasteiger partial charge in [-0.3, -0.25) is 10.3 Å². The fourth-order valence-corrected chi connectivity index (χ4v) is 1.63. The molecule has 0 aliphatic carbocycles. The zero-order chi connectivity index (χ0) is 12.3. The van der Waals surface area contributed by atoms with Crippen LogP contribution in [0, 0.1) is 0 Å². The van der Waals surface area contributed by atoms with Crippen LogP contribution in [0.5, 0.6) is 0 Å². The van der Waals surface area contributed by atoms with Gasteiger partial charge in [-0.1, -0.05) is 0 Å². The van der Waals surface area contributed by atoms with Crippen molar-refractivity contribution in [3.63, 3.8) is 0 Å². The van der Waals surface area contributed by atoms with Crippen LogP contribution in [-0.2, 0) is 6.54 Å². The monoisotopic (exact) mass is 235 g/mol. The highest BCUT2D eigenvalue weighted by Gasteiger charge is 2.17. The summed E-state index contributed by atoms with van der Waals surface area (Å²) in [7, 11) is 3.71. The summed E-state index contributed by atoms with van der Waals surface area (Å²) in [5, 5.41) is 6.25. The average Bonchev–Trinajstić information content (AvgIpc) is 2.81. The minimum absolute atomic E-state index is 0.0248. The van der Waals surface area contributed by atoms with Crippen LogP contribution in [-0.4, -0.2) is 37.1 Å². The lowest BCUT2D eigenvalue weighted by Crippen LogP contribution is -2.54. The second-order valence-corrected chi connectivity index (χ2v) is 3.96. The van der Waals surface area contributed by atoms with Crippen molar-refractivity contribution in [1.29, 1.82) is 0 Å². The van der Waals surface area contributed by atoms with Gasteiger partial charge in [0.05, 0.1) is 12.5 Å². The third-order valence-electron chi connectivity index (χ3n) is 2.48. The number of guanidine groups is 2. The molecule has 1 aliphatic heterocycles. The summed E-state index contributed by atoms with van der Waals surface area (Å²) in [6.45, 7) is 2.73. The van der Waals surface area contributed by atoms with Crippen molar-refractivity contribution >= 4 is 11.9 Å². The summed E-state index contributed by atoms with van der Waals surface area (Å²) in [6, 6.07) is 1.94. The van der Waals surface area contributed by atoms with Crippen molar-refractivity contribution in [1.82, 2.24) is 15.5 Å². The van der Waals surface area contributed by atoms with Crippen LogP contribution in [0.1, 0.15) is 12.5 Å². The van der Waals surface area contributed by atoms with Gasteiger partial charge in [0.1, 0.15) is 6.17 Å². The minimum atomic E-state index is 0.0248. The van der Waals surface area contributed by atoms with E-state index in [1.165, 1.54) is 0 Å². The van der Waals surface area contributed by atoms with Gasteiger partial charge in [-0.05, 0) is 13.0 Å². The molecule has 1 unspecified atom stereocenters. The zero-order valence-electron chi connectivity index (χ0n) is 10.3. The molecule has 0 spiro atoms. The third-order valence-corrected chi connectivity index (χ3v) is 2.48. The molecule has 0 fully saturated rings. The first kappa shape index (κ1) is 11.5. The Morgan fingerprint density at radius 3 is 3.06 bits per heavy atom. The molecular weight excluding hydrogens is 218 g/mol. The number of nitrogens with one attached hydrogen (secondary N) is 2. The van der Waals surface area contributed by atoms with Gasteiger partial charge in [-0.25, -0.2) is 4.99 Å². The molecule has 2 N–H and O–H groups in total. The highest BCUT2D eigenvalue weighted by Crippen LogP contribution is 2.05. The van der Waals surface area contributed by atoms with Crippen molar-refractivity contribution in [2.45, 2.75) is 19.6 Å². The standard InChI is InChI=1S/C11H17N5O/c1-8-13-10(12-2)15-11(14-8)16(3)6-9-4-5-17-7-9/h4-5,7-8H,6H2,1-3H3,(H2,12,13,14,15). The Morgan fingerprint density at radius 1 is 1.59 bits per heavy atom. The highest BCUT2D eigenvalue weighted by atomic mass is 16.3. The Labute approximate surface area is 100 Å². The lowest BCUT2D eigenvalue weighted by Gasteiger charge is -2.28. The maximum Gasteiger partial charge on any atom is 0.202 e. The lowest BCUT2D eigenvalue weighted by molar-refractivity contribution is 0.466. The van der Waals surface area contributed by atoms with E-state index in [2.05, 4.69) is 20.6 Å². The molecule has 2 rings (SSSR count). The third kappa shape index (κ3) is 2.77. The molecule has 0 saturated carbocycles. The number of hydrogen-bond acceptors (Lipinski definition) is 4. The average molecular weight is 235 g/mol. The largest absolute Gasteiger partial charge is 0.472 e. The van der Waals surface area contributed by atoms with Gasteiger partial charge in [0.15, 0.2) is 5.96 Å². The van der Waals surface area contributed by atoms with Crippen molar-refractivity contribution in [3.05, 3.63) is 24.2 Å². The maximum absolute atomic E-state index is 5.04. The van der Waals surface area contributed by atoms with E-state index in [0.717, 1.165) is 24.0 Å². The van der Waals surface area contributed by atoms with Gasteiger partial charge in [0, 0.05) is 26.2 Å². The molecule has 92 valence electrons. The topological polar surface area (TPSA) is 65.2 Å². The van der Waals surface area contributed by atoms with Crippen LogP contribution in [0.4, 0.5) is 0 Å². The first-order valence-electron chi connectivity index (χ1n) is 5.49. The van der Waals surface area contributed by atoms with E-state index in [1.54, 1.807) is 19.6 Å². The van der Waals surface area contributed by atoms with Crippen molar-refractivity contribution < 1.29 is 4.42 Å². The van der Waals surface area contributed by atoms with Crippen molar-refractivity contribution in [2.75, 3.05) is 14.1 Å². The van der Waals surface area contributed by atoms with Gasteiger partial charge in [0.2, 0.25) is 5.96 Å². The summed E-state index contributed by atoms with van der Waals surface area (Å²) in [5.41, 5.74) is 1.11. The molecule has 0 amide bonds. The van der Waals surface area contributed by atoms with Crippen LogP contribution < -0.4 is 10.6 Å². The Bertz CT molecular complexity index is 423. The molecule has 0 saturated heterocycles. The SMILES string of the molecule is CN=C1NC(N(C)Cc2ccoc2)=NC(C)N1. The minimum Gasteiger partial charge on any atom is -0.472 e. The van der Waals surface area contributed by atoms with E-state index in [0.29, 0.717) is 0 Å². The zero-order valence-corrected chi connectivity index (χ0v) is 10.3. The van der Waals surface area contributed by atoms with Crippen LogP contribution in [0.25, 0.3) is 0 Å². The van der Waals surface area contributed by atoms with E-state index in [1.807, 2.05) is 24.9 Å². The van der Waals surface area contributed by atoms with Crippen LogP contribution in [0.15, 0.2) is 33.0 Å². The molecule has 0 aromatic carbocycles. The molecule has 0 bridgehead atoms. The van der Waals surface area contributed by atoms with Gasteiger partial charge in [-0.2, -0.15) is 0 Å². The molecule has 6 heteroatoms. The second kappa shape index (κ2) is 4.90. The molecular formula is C11H17N5O. The quantitative estimate of drug-likeness (QED) is 0.787. The van der Waals surface area contributed by atoms with E-state index < -0.39 is 0 Å². The molecule has 1 aromatic rings. The first-order valence-corrected chi connectivity index (χ1v) is 5.49. The summed E-state index contributed by atoms with van der Waals surface area (Å²) < 4.78 is 5.04. The fourth-order valence-electron chi connectivity index (χ4n) is 1.63. The molecule has 17 heavy (non-hydrogen) atoms. The first-order chi connectivity index (χ1) is 8.19. The number of furan rings is 1. The Morgan fingerprint density at radius 2 is 2.41 bits per heavy atom. The smallest absolute Gasteiger partial charge is 0.202 e. The summed E-state index contributed by atoms with van der Waals surface area (Å²) >= 11 is 0. The highest BCUT2D eigenvalue weighted by molar-refractivity contribution is 6.00. The molecule has 6 nitrogen and oxygen atoms in total. The van der Waals surface area contributed by atoms with E-state index in [4.69, 9.17) is 4.42 Å². The molecule has 1 atom stereocenters. The molecule has 1 aliphatic rings. The lowest BCUT2D eigenvalue weighted by atomic mass is 10.3. The van der Waals surface area contributed by atoms with Gasteiger partial charge < -0.3 is 14.6 Å². The molecule has 1 aromatic heterocycles. The predicted octanol–water partition coefficient (Wildman–Crippen LogP) is 0.592.